The second kappa shape index (κ2) is 6.41. The average molecular weight is 384 g/mol. The highest BCUT2D eigenvalue weighted by Gasteiger charge is 2.36. The number of anilines is 1. The van der Waals surface area contributed by atoms with Crippen molar-refractivity contribution in [3.05, 3.63) is 78.2 Å². The zero-order valence-corrected chi connectivity index (χ0v) is 16.2. The molecule has 0 fully saturated rings. The normalized spacial score (nSPS) is 15.2. The quantitative estimate of drug-likeness (QED) is 0.587. The maximum Gasteiger partial charge on any atom is 0.255 e. The first-order valence-electron chi connectivity index (χ1n) is 9.46. The number of nitrogens with zero attached hydrogens (tertiary/aromatic N) is 5. The molecular weight excluding hydrogens is 364 g/mol. The summed E-state index contributed by atoms with van der Waals surface area (Å²) in [6, 6.07) is 16.0. The van der Waals surface area contributed by atoms with E-state index < -0.39 is 5.66 Å². The van der Waals surface area contributed by atoms with Gasteiger partial charge in [0.25, 0.3) is 5.91 Å². The van der Waals surface area contributed by atoms with Crippen LogP contribution in [-0.4, -0.2) is 31.3 Å². The molecule has 4 aromatic rings. The molecule has 7 heteroatoms. The van der Waals surface area contributed by atoms with E-state index in [1.165, 1.54) is 5.56 Å². The van der Waals surface area contributed by atoms with Gasteiger partial charge in [0.2, 0.25) is 0 Å². The highest BCUT2D eigenvalue weighted by atomic mass is 16.2. The van der Waals surface area contributed by atoms with E-state index in [9.17, 15) is 4.79 Å². The Morgan fingerprint density at radius 3 is 2.66 bits per heavy atom. The molecule has 0 radical (unpaired) electrons. The standard InChI is InChI=1S/C22H20N6O/c1-22(2)26-21(29)17-9-8-16(28-20-18(13-25-28)23-10-11-24-20)12-19(17)27(22)14-15-6-4-3-5-7-15/h3-13H,14H2,1-2H3,(H,26,29). The predicted octanol–water partition coefficient (Wildman–Crippen LogP) is 3.30. The minimum Gasteiger partial charge on any atom is -0.344 e. The van der Waals surface area contributed by atoms with Crippen LogP contribution in [-0.2, 0) is 6.54 Å². The third-order valence-corrected chi connectivity index (χ3v) is 5.24. The third kappa shape index (κ3) is 2.91. The number of benzene rings is 2. The van der Waals surface area contributed by atoms with Crippen molar-refractivity contribution in [1.82, 2.24) is 25.1 Å². The Hall–Kier alpha value is -3.74. The van der Waals surface area contributed by atoms with E-state index in [1.54, 1.807) is 23.3 Å². The van der Waals surface area contributed by atoms with Crippen LogP contribution < -0.4 is 10.2 Å². The van der Waals surface area contributed by atoms with E-state index in [1.807, 2.05) is 50.2 Å². The molecular formula is C22H20N6O. The molecule has 7 nitrogen and oxygen atoms in total. The molecule has 1 amide bonds. The minimum atomic E-state index is -0.537. The zero-order chi connectivity index (χ0) is 20.0. The van der Waals surface area contributed by atoms with Crippen molar-refractivity contribution in [3.63, 3.8) is 0 Å². The van der Waals surface area contributed by atoms with E-state index in [-0.39, 0.29) is 5.91 Å². The molecule has 3 heterocycles. The number of hydrogen-bond acceptors (Lipinski definition) is 5. The number of hydrogen-bond donors (Lipinski definition) is 1. The Bertz CT molecular complexity index is 1210. The lowest BCUT2D eigenvalue weighted by Gasteiger charge is -2.45. The molecule has 1 N–H and O–H groups in total. The van der Waals surface area contributed by atoms with E-state index in [0.29, 0.717) is 17.8 Å². The first kappa shape index (κ1) is 17.4. The van der Waals surface area contributed by atoms with Crippen molar-refractivity contribution in [2.75, 3.05) is 4.90 Å². The molecule has 0 aliphatic carbocycles. The second-order valence-electron chi connectivity index (χ2n) is 7.61. The summed E-state index contributed by atoms with van der Waals surface area (Å²) in [6.45, 7) is 4.70. The summed E-state index contributed by atoms with van der Waals surface area (Å²) in [4.78, 5) is 23.6. The number of amides is 1. The number of rotatable bonds is 3. The zero-order valence-electron chi connectivity index (χ0n) is 16.2. The van der Waals surface area contributed by atoms with Gasteiger partial charge < -0.3 is 10.2 Å². The lowest BCUT2D eigenvalue weighted by atomic mass is 10.00. The van der Waals surface area contributed by atoms with Crippen molar-refractivity contribution in [1.29, 1.82) is 0 Å². The topological polar surface area (TPSA) is 75.9 Å². The average Bonchev–Trinajstić information content (AvgIpc) is 3.15. The van der Waals surface area contributed by atoms with E-state index in [2.05, 4.69) is 37.4 Å². The van der Waals surface area contributed by atoms with Crippen LogP contribution in [0.3, 0.4) is 0 Å². The molecule has 0 unspecified atom stereocenters. The monoisotopic (exact) mass is 384 g/mol. The lowest BCUT2D eigenvalue weighted by Crippen LogP contribution is -2.60. The van der Waals surface area contributed by atoms with Crippen LogP contribution in [0.1, 0.15) is 29.8 Å². The second-order valence-corrected chi connectivity index (χ2v) is 7.61. The highest BCUT2D eigenvalue weighted by molar-refractivity contribution is 6.03. The molecule has 2 aromatic carbocycles. The molecule has 0 spiro atoms. The van der Waals surface area contributed by atoms with Gasteiger partial charge in [-0.15, -0.1) is 0 Å². The van der Waals surface area contributed by atoms with Crippen LogP contribution in [0, 0.1) is 0 Å². The molecule has 0 atom stereocenters. The number of carbonyl (C=O) groups excluding carboxylic acids is 1. The van der Waals surface area contributed by atoms with Gasteiger partial charge in [-0.1, -0.05) is 30.3 Å². The van der Waals surface area contributed by atoms with Gasteiger partial charge in [-0.3, -0.25) is 4.79 Å². The highest BCUT2D eigenvalue weighted by Crippen LogP contribution is 2.34. The van der Waals surface area contributed by atoms with Crippen LogP contribution in [0.25, 0.3) is 16.9 Å². The summed E-state index contributed by atoms with van der Waals surface area (Å²) < 4.78 is 1.75. The summed E-state index contributed by atoms with van der Waals surface area (Å²) in [5.41, 5.74) is 4.39. The molecule has 0 saturated heterocycles. The Morgan fingerprint density at radius 2 is 1.83 bits per heavy atom. The van der Waals surface area contributed by atoms with Gasteiger partial charge in [-0.05, 0) is 37.6 Å². The van der Waals surface area contributed by atoms with Gasteiger partial charge in [0.1, 0.15) is 11.2 Å². The largest absolute Gasteiger partial charge is 0.344 e. The van der Waals surface area contributed by atoms with Crippen molar-refractivity contribution in [2.24, 2.45) is 0 Å². The van der Waals surface area contributed by atoms with Crippen molar-refractivity contribution >= 4 is 22.8 Å². The molecule has 1 aliphatic rings. The maximum absolute atomic E-state index is 12.7. The third-order valence-electron chi connectivity index (χ3n) is 5.24. The van der Waals surface area contributed by atoms with Crippen LogP contribution in [0.2, 0.25) is 0 Å². The summed E-state index contributed by atoms with van der Waals surface area (Å²) in [5.74, 6) is -0.0778. The van der Waals surface area contributed by atoms with Crippen molar-refractivity contribution in [3.8, 4) is 5.69 Å². The summed E-state index contributed by atoms with van der Waals surface area (Å²) in [7, 11) is 0. The van der Waals surface area contributed by atoms with Crippen LogP contribution in [0.15, 0.2) is 67.1 Å². The lowest BCUT2D eigenvalue weighted by molar-refractivity contribution is 0.0897. The number of nitrogens with one attached hydrogen (secondary N) is 1. The first-order valence-corrected chi connectivity index (χ1v) is 9.46. The molecule has 144 valence electrons. The predicted molar refractivity (Wildman–Crippen MR) is 111 cm³/mol. The van der Waals surface area contributed by atoms with Crippen LogP contribution in [0.4, 0.5) is 5.69 Å². The fraction of sp³-hybridized carbons (Fsp3) is 0.182. The summed E-state index contributed by atoms with van der Waals surface area (Å²) >= 11 is 0. The molecule has 0 bridgehead atoms. The van der Waals surface area contributed by atoms with Gasteiger partial charge >= 0.3 is 0 Å². The van der Waals surface area contributed by atoms with E-state index >= 15 is 0 Å². The van der Waals surface area contributed by atoms with E-state index in [4.69, 9.17) is 0 Å². The molecule has 1 aliphatic heterocycles. The number of fused-ring (bicyclic) bond motifs is 2. The first-order chi connectivity index (χ1) is 14.0. The van der Waals surface area contributed by atoms with Gasteiger partial charge in [0.15, 0.2) is 5.65 Å². The SMILES string of the molecule is CC1(C)NC(=O)c2ccc(-n3ncc4nccnc43)cc2N1Cc1ccccc1. The smallest absolute Gasteiger partial charge is 0.255 e. The van der Waals surface area contributed by atoms with Crippen molar-refractivity contribution in [2.45, 2.75) is 26.1 Å². The number of carbonyl (C=O) groups is 1. The van der Waals surface area contributed by atoms with Gasteiger partial charge in [0, 0.05) is 18.9 Å². The Labute approximate surface area is 168 Å². The Balaban J connectivity index is 1.65. The molecule has 0 saturated carbocycles. The molecule has 29 heavy (non-hydrogen) atoms. The summed E-state index contributed by atoms with van der Waals surface area (Å²) in [6.07, 6.45) is 4.99. The van der Waals surface area contributed by atoms with Crippen LogP contribution in [0.5, 0.6) is 0 Å². The van der Waals surface area contributed by atoms with Gasteiger partial charge in [-0.2, -0.15) is 5.10 Å². The minimum absolute atomic E-state index is 0.0778. The Morgan fingerprint density at radius 1 is 1.03 bits per heavy atom. The van der Waals surface area contributed by atoms with Crippen molar-refractivity contribution < 1.29 is 4.79 Å². The van der Waals surface area contributed by atoms with Crippen LogP contribution >= 0.6 is 0 Å². The Kier molecular flexibility index (Phi) is 3.84. The fourth-order valence-corrected chi connectivity index (χ4v) is 3.78. The van der Waals surface area contributed by atoms with Gasteiger partial charge in [0.05, 0.1) is 23.1 Å². The number of aromatic nitrogens is 4. The molecule has 2 aromatic heterocycles. The maximum atomic E-state index is 12.7. The summed E-state index contributed by atoms with van der Waals surface area (Å²) in [5, 5.41) is 7.56. The van der Waals surface area contributed by atoms with E-state index in [0.717, 1.165) is 16.9 Å². The molecule has 5 rings (SSSR count). The van der Waals surface area contributed by atoms with Gasteiger partial charge in [-0.25, -0.2) is 14.6 Å². The fourth-order valence-electron chi connectivity index (χ4n) is 3.78.